The normalized spacial score (nSPS) is 13.1. The molecule has 6 nitrogen and oxygen atoms in total. The second-order valence-corrected chi connectivity index (χ2v) is 7.62. The Bertz CT molecular complexity index is 885. The first-order chi connectivity index (χ1) is 13.4. The molecule has 0 aliphatic carbocycles. The van der Waals surface area contributed by atoms with Gasteiger partial charge in [-0.15, -0.1) is 0 Å². The molecule has 150 valence electrons. The summed E-state index contributed by atoms with van der Waals surface area (Å²) in [6.45, 7) is 7.55. The van der Waals surface area contributed by atoms with Gasteiger partial charge in [0.1, 0.15) is 0 Å². The van der Waals surface area contributed by atoms with Gasteiger partial charge in [0.2, 0.25) is 0 Å². The van der Waals surface area contributed by atoms with Crippen molar-refractivity contribution in [2.75, 3.05) is 18.9 Å². The van der Waals surface area contributed by atoms with Crippen molar-refractivity contribution in [3.05, 3.63) is 46.5 Å². The van der Waals surface area contributed by atoms with Gasteiger partial charge in [-0.05, 0) is 56.7 Å². The molecule has 3 rings (SSSR count). The average Bonchev–Trinajstić information content (AvgIpc) is 3.09. The molecule has 2 heterocycles. The number of unbranched alkanes of at least 4 members (excludes halogenated alkanes) is 1. The molecule has 6 heteroatoms. The Morgan fingerprint density at radius 1 is 1.25 bits per heavy atom. The number of aryl methyl sites for hydroxylation is 1. The molecule has 1 aliphatic heterocycles. The molecule has 1 aliphatic rings. The Labute approximate surface area is 166 Å². The molecule has 1 N–H and O–H groups in total. The van der Waals surface area contributed by atoms with E-state index < -0.39 is 0 Å². The summed E-state index contributed by atoms with van der Waals surface area (Å²) in [5.41, 5.74) is 4.21. The summed E-state index contributed by atoms with van der Waals surface area (Å²) in [5, 5.41) is 2.99. The Hall–Kier alpha value is -2.63. The van der Waals surface area contributed by atoms with Crippen LogP contribution in [0.5, 0.6) is 0 Å². The molecule has 1 aromatic carbocycles. The van der Waals surface area contributed by atoms with Gasteiger partial charge in [0.15, 0.2) is 11.5 Å². The lowest BCUT2D eigenvalue weighted by atomic mass is 10.1. The largest absolute Gasteiger partial charge is 0.339 e. The monoisotopic (exact) mass is 382 g/mol. The lowest BCUT2D eigenvalue weighted by Gasteiger charge is -2.20. The number of hydrogen-bond donors (Lipinski definition) is 1. The van der Waals surface area contributed by atoms with E-state index in [1.807, 2.05) is 36.6 Å². The topological polar surface area (TPSA) is 67.2 Å². The third-order valence-corrected chi connectivity index (χ3v) is 5.57. The summed E-state index contributed by atoms with van der Waals surface area (Å²) in [5.74, 6) is 0.0383. The highest BCUT2D eigenvalue weighted by molar-refractivity contribution is 6.05. The zero-order chi connectivity index (χ0) is 20.3. The minimum absolute atomic E-state index is 0.109. The van der Waals surface area contributed by atoms with E-state index in [0.717, 1.165) is 61.2 Å². The summed E-state index contributed by atoms with van der Waals surface area (Å²) in [7, 11) is 1.80. The molecular formula is C22H30N4O2. The van der Waals surface area contributed by atoms with Crippen LogP contribution in [0.4, 0.5) is 5.69 Å². The predicted octanol–water partition coefficient (Wildman–Crippen LogP) is 3.96. The average molecular weight is 383 g/mol. The zero-order valence-corrected chi connectivity index (χ0v) is 17.3. The fourth-order valence-electron chi connectivity index (χ4n) is 3.62. The molecule has 0 unspecified atom stereocenters. The van der Waals surface area contributed by atoms with Crippen LogP contribution in [0.1, 0.15) is 70.5 Å². The van der Waals surface area contributed by atoms with Gasteiger partial charge in [-0.3, -0.25) is 9.59 Å². The van der Waals surface area contributed by atoms with Crippen LogP contribution in [-0.4, -0.2) is 39.9 Å². The molecule has 1 aromatic heterocycles. The highest BCUT2D eigenvalue weighted by Gasteiger charge is 2.29. The van der Waals surface area contributed by atoms with Crippen molar-refractivity contribution in [3.8, 4) is 0 Å². The second kappa shape index (κ2) is 8.59. The summed E-state index contributed by atoms with van der Waals surface area (Å²) in [6, 6.07) is 5.85. The van der Waals surface area contributed by atoms with Crippen LogP contribution in [0.25, 0.3) is 0 Å². The van der Waals surface area contributed by atoms with Crippen molar-refractivity contribution in [2.45, 2.75) is 59.4 Å². The molecule has 0 spiro atoms. The number of carbonyl (C=O) groups excluding carboxylic acids is 2. The Balaban J connectivity index is 1.91. The van der Waals surface area contributed by atoms with Crippen LogP contribution in [0.3, 0.4) is 0 Å². The van der Waals surface area contributed by atoms with Gasteiger partial charge in [0.25, 0.3) is 11.8 Å². The van der Waals surface area contributed by atoms with Crippen LogP contribution in [0.2, 0.25) is 0 Å². The molecule has 2 aromatic rings. The van der Waals surface area contributed by atoms with E-state index >= 15 is 0 Å². The number of benzene rings is 1. The third-order valence-electron chi connectivity index (χ3n) is 5.57. The molecule has 2 amide bonds. The number of hydrogen-bond acceptors (Lipinski definition) is 3. The number of rotatable bonds is 6. The summed E-state index contributed by atoms with van der Waals surface area (Å²) < 4.78 is 1.95. The molecule has 28 heavy (non-hydrogen) atoms. The Morgan fingerprint density at radius 2 is 2.04 bits per heavy atom. The SMILES string of the molecule is CCCCN(C)C(=O)c1nc(C(=O)Nc2cccc(C)c2C)c2n1CCCC2. The van der Waals surface area contributed by atoms with E-state index in [2.05, 4.69) is 17.2 Å². The van der Waals surface area contributed by atoms with Gasteiger partial charge >= 0.3 is 0 Å². The van der Waals surface area contributed by atoms with Crippen LogP contribution in [0, 0.1) is 13.8 Å². The smallest absolute Gasteiger partial charge is 0.289 e. The molecule has 0 saturated carbocycles. The van der Waals surface area contributed by atoms with Gasteiger partial charge in [-0.1, -0.05) is 25.5 Å². The quantitative estimate of drug-likeness (QED) is 0.822. The minimum atomic E-state index is -0.241. The maximum Gasteiger partial charge on any atom is 0.289 e. The van der Waals surface area contributed by atoms with E-state index in [1.165, 1.54) is 0 Å². The molecule has 0 fully saturated rings. The predicted molar refractivity (Wildman–Crippen MR) is 111 cm³/mol. The van der Waals surface area contributed by atoms with Crippen molar-refractivity contribution < 1.29 is 9.59 Å². The van der Waals surface area contributed by atoms with Crippen molar-refractivity contribution in [3.63, 3.8) is 0 Å². The Kier molecular flexibility index (Phi) is 6.17. The highest BCUT2D eigenvalue weighted by atomic mass is 16.2. The van der Waals surface area contributed by atoms with Crippen molar-refractivity contribution in [1.82, 2.24) is 14.5 Å². The van der Waals surface area contributed by atoms with Crippen molar-refractivity contribution in [2.24, 2.45) is 0 Å². The number of fused-ring (bicyclic) bond motifs is 1. The number of nitrogens with zero attached hydrogens (tertiary/aromatic N) is 3. The van der Waals surface area contributed by atoms with Crippen molar-refractivity contribution in [1.29, 1.82) is 0 Å². The number of imidazole rings is 1. The van der Waals surface area contributed by atoms with Gasteiger partial charge in [0.05, 0.1) is 5.69 Å². The Morgan fingerprint density at radius 3 is 2.79 bits per heavy atom. The minimum Gasteiger partial charge on any atom is -0.339 e. The fraction of sp³-hybridized carbons (Fsp3) is 0.500. The molecule has 0 radical (unpaired) electrons. The van der Waals surface area contributed by atoms with Gasteiger partial charge in [0, 0.05) is 25.8 Å². The number of anilines is 1. The van der Waals surface area contributed by atoms with E-state index in [0.29, 0.717) is 18.1 Å². The number of amides is 2. The highest BCUT2D eigenvalue weighted by Crippen LogP contribution is 2.24. The van der Waals surface area contributed by atoms with Crippen LogP contribution in [0.15, 0.2) is 18.2 Å². The first kappa shape index (κ1) is 20.1. The molecular weight excluding hydrogens is 352 g/mol. The lowest BCUT2D eigenvalue weighted by Crippen LogP contribution is -2.31. The van der Waals surface area contributed by atoms with Crippen LogP contribution in [-0.2, 0) is 13.0 Å². The number of carbonyl (C=O) groups is 2. The fourth-order valence-corrected chi connectivity index (χ4v) is 3.62. The second-order valence-electron chi connectivity index (χ2n) is 7.62. The zero-order valence-electron chi connectivity index (χ0n) is 17.3. The van der Waals surface area contributed by atoms with Gasteiger partial charge in [-0.2, -0.15) is 0 Å². The number of aromatic nitrogens is 2. The van der Waals surface area contributed by atoms with Crippen molar-refractivity contribution >= 4 is 17.5 Å². The van der Waals surface area contributed by atoms with E-state index in [1.54, 1.807) is 11.9 Å². The maximum atomic E-state index is 13.0. The maximum absolute atomic E-state index is 13.0. The van der Waals surface area contributed by atoms with Crippen LogP contribution >= 0.6 is 0 Å². The summed E-state index contributed by atoms with van der Waals surface area (Å²) in [6.07, 6.45) is 4.76. The molecule has 0 bridgehead atoms. The first-order valence-corrected chi connectivity index (χ1v) is 10.2. The molecule has 0 saturated heterocycles. The van der Waals surface area contributed by atoms with E-state index in [9.17, 15) is 9.59 Å². The van der Waals surface area contributed by atoms with Gasteiger partial charge < -0.3 is 14.8 Å². The summed E-state index contributed by atoms with van der Waals surface area (Å²) in [4.78, 5) is 32.2. The van der Waals surface area contributed by atoms with Gasteiger partial charge in [-0.25, -0.2) is 4.98 Å². The summed E-state index contributed by atoms with van der Waals surface area (Å²) >= 11 is 0. The third kappa shape index (κ3) is 3.96. The standard InChI is InChI=1S/C22H30N4O2/c1-5-6-13-25(4)22(28)20-24-19(18-12-7-8-14-26(18)20)21(27)23-17-11-9-10-15(2)16(17)3/h9-11H,5-8,12-14H2,1-4H3,(H,23,27). The molecule has 0 atom stereocenters. The number of nitrogens with one attached hydrogen (secondary N) is 1. The van der Waals surface area contributed by atoms with E-state index in [4.69, 9.17) is 0 Å². The lowest BCUT2D eigenvalue weighted by molar-refractivity contribution is 0.0775. The van der Waals surface area contributed by atoms with Crippen LogP contribution < -0.4 is 5.32 Å². The van der Waals surface area contributed by atoms with E-state index in [-0.39, 0.29) is 11.8 Å². The first-order valence-electron chi connectivity index (χ1n) is 10.2.